The minimum atomic E-state index is 0.0933. The van der Waals surface area contributed by atoms with E-state index in [1.807, 2.05) is 0 Å². The molecule has 1 saturated carbocycles. The average molecular weight is 154 g/mol. The van der Waals surface area contributed by atoms with Crippen LogP contribution in [0.2, 0.25) is 0 Å². The van der Waals surface area contributed by atoms with Gasteiger partial charge in [-0.25, -0.2) is 0 Å². The number of carbonyl (C=O) groups is 1. The predicted octanol–water partition coefficient (Wildman–Crippen LogP) is 2.79. The third kappa shape index (κ3) is 1.47. The molecule has 0 aliphatic heterocycles. The van der Waals surface area contributed by atoms with Gasteiger partial charge in [0.2, 0.25) is 0 Å². The van der Waals surface area contributed by atoms with E-state index in [9.17, 15) is 4.79 Å². The van der Waals surface area contributed by atoms with Gasteiger partial charge in [-0.1, -0.05) is 33.1 Å². The fourth-order valence-electron chi connectivity index (χ4n) is 2.03. The Hall–Kier alpha value is -0.330. The molecular formula is C10H18O. The summed E-state index contributed by atoms with van der Waals surface area (Å²) in [6.45, 7) is 4.41. The maximum Gasteiger partial charge on any atom is 0.126 e. The van der Waals surface area contributed by atoms with Gasteiger partial charge in [0.05, 0.1) is 0 Å². The third-order valence-electron chi connectivity index (χ3n) is 3.22. The minimum Gasteiger partial charge on any atom is -0.303 e. The molecule has 11 heavy (non-hydrogen) atoms. The van der Waals surface area contributed by atoms with Gasteiger partial charge in [-0.3, -0.25) is 0 Å². The Morgan fingerprint density at radius 3 is 2.45 bits per heavy atom. The lowest BCUT2D eigenvalue weighted by atomic mass is 9.61. The number of aldehydes is 1. The van der Waals surface area contributed by atoms with Gasteiger partial charge in [-0.15, -0.1) is 0 Å². The minimum absolute atomic E-state index is 0.0933. The first-order valence-corrected chi connectivity index (χ1v) is 4.71. The van der Waals surface area contributed by atoms with Crippen molar-refractivity contribution in [2.75, 3.05) is 0 Å². The molecule has 1 unspecified atom stereocenters. The van der Waals surface area contributed by atoms with Gasteiger partial charge >= 0.3 is 0 Å². The van der Waals surface area contributed by atoms with Gasteiger partial charge in [0.25, 0.3) is 0 Å². The summed E-state index contributed by atoms with van der Waals surface area (Å²) in [6.07, 6.45) is 7.15. The molecule has 0 aromatic rings. The SMILES string of the molecule is CCCC(C)C1(C=O)CCC1. The van der Waals surface area contributed by atoms with E-state index in [0.717, 1.165) is 12.8 Å². The highest BCUT2D eigenvalue weighted by molar-refractivity contribution is 5.61. The standard InChI is InChI=1S/C10H18O/c1-3-5-9(2)10(8-11)6-4-7-10/h8-9H,3-7H2,1-2H3. The molecule has 0 aromatic heterocycles. The molecule has 0 spiro atoms. The van der Waals surface area contributed by atoms with Gasteiger partial charge < -0.3 is 4.79 Å². The lowest BCUT2D eigenvalue weighted by Crippen LogP contribution is -2.37. The number of rotatable bonds is 4. The van der Waals surface area contributed by atoms with Crippen molar-refractivity contribution in [3.63, 3.8) is 0 Å². The molecule has 1 rings (SSSR count). The third-order valence-corrected chi connectivity index (χ3v) is 3.22. The Labute approximate surface area is 69.2 Å². The van der Waals surface area contributed by atoms with E-state index in [0.29, 0.717) is 5.92 Å². The molecule has 64 valence electrons. The van der Waals surface area contributed by atoms with Crippen molar-refractivity contribution in [2.24, 2.45) is 11.3 Å². The van der Waals surface area contributed by atoms with Crippen molar-refractivity contribution < 1.29 is 4.79 Å². The van der Waals surface area contributed by atoms with Crippen molar-refractivity contribution in [2.45, 2.75) is 46.0 Å². The van der Waals surface area contributed by atoms with Crippen LogP contribution in [-0.2, 0) is 4.79 Å². The summed E-state index contributed by atoms with van der Waals surface area (Å²) in [6, 6.07) is 0. The first-order chi connectivity index (χ1) is 5.25. The second kappa shape index (κ2) is 3.38. The molecule has 0 radical (unpaired) electrons. The molecule has 1 fully saturated rings. The number of hydrogen-bond donors (Lipinski definition) is 0. The maximum absolute atomic E-state index is 10.8. The van der Waals surface area contributed by atoms with Crippen LogP contribution in [0.25, 0.3) is 0 Å². The number of hydrogen-bond acceptors (Lipinski definition) is 1. The molecule has 0 amide bonds. The second-order valence-corrected chi connectivity index (χ2v) is 3.89. The lowest BCUT2D eigenvalue weighted by molar-refractivity contribution is -0.124. The van der Waals surface area contributed by atoms with Crippen molar-refractivity contribution in [3.05, 3.63) is 0 Å². The Bertz CT molecular complexity index is 136. The van der Waals surface area contributed by atoms with Crippen LogP contribution in [0.3, 0.4) is 0 Å². The highest BCUT2D eigenvalue weighted by atomic mass is 16.1. The van der Waals surface area contributed by atoms with Crippen LogP contribution < -0.4 is 0 Å². The Kier molecular flexibility index (Phi) is 2.69. The zero-order valence-electron chi connectivity index (χ0n) is 7.60. The van der Waals surface area contributed by atoms with Gasteiger partial charge in [-0.05, 0) is 18.8 Å². The quantitative estimate of drug-likeness (QED) is 0.569. The summed E-state index contributed by atoms with van der Waals surface area (Å²) in [5, 5.41) is 0. The lowest BCUT2D eigenvalue weighted by Gasteiger charge is -2.42. The van der Waals surface area contributed by atoms with Gasteiger partial charge in [0.1, 0.15) is 6.29 Å². The summed E-state index contributed by atoms with van der Waals surface area (Å²) in [7, 11) is 0. The normalized spacial score (nSPS) is 23.8. The van der Waals surface area contributed by atoms with Crippen LogP contribution in [0.1, 0.15) is 46.0 Å². The fourth-order valence-corrected chi connectivity index (χ4v) is 2.03. The van der Waals surface area contributed by atoms with Crippen LogP contribution in [0.15, 0.2) is 0 Å². The molecule has 1 heteroatoms. The average Bonchev–Trinajstić information content (AvgIpc) is 1.87. The van der Waals surface area contributed by atoms with Crippen LogP contribution in [0, 0.1) is 11.3 Å². The molecule has 1 atom stereocenters. The maximum atomic E-state index is 10.8. The summed E-state index contributed by atoms with van der Waals surface area (Å²) in [5.74, 6) is 0.610. The fraction of sp³-hybridized carbons (Fsp3) is 0.900. The molecule has 0 bridgehead atoms. The summed E-state index contributed by atoms with van der Waals surface area (Å²) in [5.41, 5.74) is 0.0933. The topological polar surface area (TPSA) is 17.1 Å². The molecule has 0 N–H and O–H groups in total. The van der Waals surface area contributed by atoms with E-state index in [2.05, 4.69) is 13.8 Å². The van der Waals surface area contributed by atoms with Crippen molar-refractivity contribution in [1.82, 2.24) is 0 Å². The van der Waals surface area contributed by atoms with Crippen molar-refractivity contribution >= 4 is 6.29 Å². The summed E-state index contributed by atoms with van der Waals surface area (Å²) < 4.78 is 0. The molecule has 0 heterocycles. The van der Waals surface area contributed by atoms with Crippen molar-refractivity contribution in [3.8, 4) is 0 Å². The van der Waals surface area contributed by atoms with Gasteiger partial charge in [0, 0.05) is 5.41 Å². The van der Waals surface area contributed by atoms with E-state index < -0.39 is 0 Å². The summed E-state index contributed by atoms with van der Waals surface area (Å²) >= 11 is 0. The molecule has 1 nitrogen and oxygen atoms in total. The second-order valence-electron chi connectivity index (χ2n) is 3.89. The Morgan fingerprint density at radius 1 is 1.55 bits per heavy atom. The Morgan fingerprint density at radius 2 is 2.18 bits per heavy atom. The zero-order valence-corrected chi connectivity index (χ0v) is 7.60. The van der Waals surface area contributed by atoms with E-state index in [-0.39, 0.29) is 5.41 Å². The molecule has 0 aromatic carbocycles. The molecular weight excluding hydrogens is 136 g/mol. The van der Waals surface area contributed by atoms with Gasteiger partial charge in [-0.2, -0.15) is 0 Å². The summed E-state index contributed by atoms with van der Waals surface area (Å²) in [4.78, 5) is 10.8. The molecule has 1 aliphatic carbocycles. The predicted molar refractivity (Wildman–Crippen MR) is 46.4 cm³/mol. The zero-order chi connectivity index (χ0) is 8.32. The monoisotopic (exact) mass is 154 g/mol. The van der Waals surface area contributed by atoms with E-state index in [1.54, 1.807) is 0 Å². The smallest absolute Gasteiger partial charge is 0.126 e. The van der Waals surface area contributed by atoms with E-state index >= 15 is 0 Å². The van der Waals surface area contributed by atoms with Gasteiger partial charge in [0.15, 0.2) is 0 Å². The van der Waals surface area contributed by atoms with E-state index in [1.165, 1.54) is 25.5 Å². The first kappa shape index (κ1) is 8.76. The van der Waals surface area contributed by atoms with Crippen LogP contribution in [0.5, 0.6) is 0 Å². The highest BCUT2D eigenvalue weighted by Gasteiger charge is 2.40. The largest absolute Gasteiger partial charge is 0.303 e. The Balaban J connectivity index is 2.47. The first-order valence-electron chi connectivity index (χ1n) is 4.71. The molecule has 0 saturated heterocycles. The van der Waals surface area contributed by atoms with Crippen LogP contribution >= 0.6 is 0 Å². The van der Waals surface area contributed by atoms with Crippen molar-refractivity contribution in [1.29, 1.82) is 0 Å². The van der Waals surface area contributed by atoms with E-state index in [4.69, 9.17) is 0 Å². The highest BCUT2D eigenvalue weighted by Crippen LogP contribution is 2.46. The molecule has 1 aliphatic rings. The number of carbonyl (C=O) groups excluding carboxylic acids is 1. The van der Waals surface area contributed by atoms with Crippen LogP contribution in [-0.4, -0.2) is 6.29 Å². The van der Waals surface area contributed by atoms with Crippen LogP contribution in [0.4, 0.5) is 0 Å².